The van der Waals surface area contributed by atoms with Crippen molar-refractivity contribution in [2.75, 3.05) is 39.6 Å². The molecule has 35 heavy (non-hydrogen) atoms. The standard InChI is InChI=1S/C27H28N4O4/c1-27(21-9-10-23-24(15-21)35-18-34-23)25(32)31(26(33)28-27)17-30-13-11-29(12-14-30)16-20-7-4-6-19-5-2-3-8-22(19)20/h2-10,15H,11-14,16-18H2,1H3,(H,28,33)/t27-/m1/s1. The van der Waals surface area contributed by atoms with E-state index in [1.807, 2.05) is 0 Å². The first-order valence-corrected chi connectivity index (χ1v) is 12.0. The minimum atomic E-state index is -1.13. The second-order valence-electron chi connectivity index (χ2n) is 9.53. The molecule has 2 saturated heterocycles. The third kappa shape index (κ3) is 3.88. The summed E-state index contributed by atoms with van der Waals surface area (Å²) < 4.78 is 10.8. The van der Waals surface area contributed by atoms with E-state index in [4.69, 9.17) is 9.47 Å². The summed E-state index contributed by atoms with van der Waals surface area (Å²) in [7, 11) is 0. The normalized spacial score (nSPS) is 22.7. The average molecular weight is 473 g/mol. The van der Waals surface area contributed by atoms with E-state index in [-0.39, 0.29) is 25.4 Å². The van der Waals surface area contributed by atoms with Crippen LogP contribution in [0.4, 0.5) is 4.79 Å². The minimum absolute atomic E-state index is 0.161. The molecule has 8 nitrogen and oxygen atoms in total. The number of nitrogens with one attached hydrogen (secondary N) is 1. The van der Waals surface area contributed by atoms with E-state index in [1.165, 1.54) is 21.2 Å². The topological polar surface area (TPSA) is 74.4 Å². The summed E-state index contributed by atoms with van der Waals surface area (Å²) in [5.74, 6) is 0.985. The summed E-state index contributed by atoms with van der Waals surface area (Å²) in [6, 6.07) is 19.9. The van der Waals surface area contributed by atoms with Gasteiger partial charge >= 0.3 is 6.03 Å². The summed E-state index contributed by atoms with van der Waals surface area (Å²) in [5.41, 5.74) is 0.876. The zero-order chi connectivity index (χ0) is 24.0. The SMILES string of the molecule is C[C@]1(c2ccc3c(c2)OCO3)NC(=O)N(CN2CCN(Cc3cccc4ccccc34)CC2)C1=O. The number of piperazine rings is 1. The molecule has 0 aromatic heterocycles. The summed E-state index contributed by atoms with van der Waals surface area (Å²) in [4.78, 5) is 32.1. The second-order valence-corrected chi connectivity index (χ2v) is 9.53. The van der Waals surface area contributed by atoms with Gasteiger partial charge in [-0.25, -0.2) is 9.69 Å². The van der Waals surface area contributed by atoms with Crippen LogP contribution in [-0.2, 0) is 16.9 Å². The lowest BCUT2D eigenvalue weighted by molar-refractivity contribution is -0.132. The van der Waals surface area contributed by atoms with Crippen LogP contribution in [0.3, 0.4) is 0 Å². The first-order chi connectivity index (χ1) is 17.0. The molecule has 0 saturated carbocycles. The fourth-order valence-corrected chi connectivity index (χ4v) is 5.19. The Labute approximate surface area is 204 Å². The highest BCUT2D eigenvalue weighted by Crippen LogP contribution is 2.38. The molecule has 3 aromatic rings. The van der Waals surface area contributed by atoms with Crippen LogP contribution in [0.1, 0.15) is 18.1 Å². The maximum Gasteiger partial charge on any atom is 0.326 e. The van der Waals surface area contributed by atoms with Gasteiger partial charge in [-0.1, -0.05) is 48.5 Å². The van der Waals surface area contributed by atoms with Gasteiger partial charge in [0.2, 0.25) is 6.79 Å². The molecule has 0 unspecified atom stereocenters. The Kier molecular flexibility index (Phi) is 5.35. The van der Waals surface area contributed by atoms with Gasteiger partial charge in [-0.2, -0.15) is 0 Å². The molecule has 1 atom stereocenters. The highest BCUT2D eigenvalue weighted by Gasteiger charge is 2.49. The smallest absolute Gasteiger partial charge is 0.326 e. The number of carbonyl (C=O) groups is 2. The van der Waals surface area contributed by atoms with Crippen molar-refractivity contribution in [3.8, 4) is 11.5 Å². The van der Waals surface area contributed by atoms with Crippen LogP contribution < -0.4 is 14.8 Å². The van der Waals surface area contributed by atoms with Crippen LogP contribution in [0, 0.1) is 0 Å². The van der Waals surface area contributed by atoms with Gasteiger partial charge in [0.05, 0.1) is 6.67 Å². The Morgan fingerprint density at radius 2 is 1.63 bits per heavy atom. The van der Waals surface area contributed by atoms with E-state index >= 15 is 0 Å². The number of ether oxygens (including phenoxy) is 2. The summed E-state index contributed by atoms with van der Waals surface area (Å²) in [6.45, 7) is 6.43. The van der Waals surface area contributed by atoms with E-state index in [1.54, 1.807) is 25.1 Å². The predicted molar refractivity (Wildman–Crippen MR) is 131 cm³/mol. The van der Waals surface area contributed by atoms with E-state index in [9.17, 15) is 9.59 Å². The number of urea groups is 1. The van der Waals surface area contributed by atoms with Crippen LogP contribution in [0.15, 0.2) is 60.7 Å². The molecule has 6 rings (SSSR count). The van der Waals surface area contributed by atoms with Crippen LogP contribution in [0.25, 0.3) is 10.8 Å². The van der Waals surface area contributed by atoms with Gasteiger partial charge in [0, 0.05) is 32.7 Å². The van der Waals surface area contributed by atoms with E-state index in [0.29, 0.717) is 17.1 Å². The van der Waals surface area contributed by atoms with Crippen molar-refractivity contribution in [1.29, 1.82) is 0 Å². The summed E-state index contributed by atoms with van der Waals surface area (Å²) in [6.07, 6.45) is 0. The maximum atomic E-state index is 13.4. The Morgan fingerprint density at radius 3 is 2.49 bits per heavy atom. The van der Waals surface area contributed by atoms with Gasteiger partial charge in [0.1, 0.15) is 5.54 Å². The molecule has 0 bridgehead atoms. The number of carbonyl (C=O) groups excluding carboxylic acids is 2. The lowest BCUT2D eigenvalue weighted by Gasteiger charge is -2.36. The largest absolute Gasteiger partial charge is 0.454 e. The van der Waals surface area contributed by atoms with E-state index in [2.05, 4.69) is 57.6 Å². The van der Waals surface area contributed by atoms with E-state index in [0.717, 1.165) is 32.7 Å². The zero-order valence-corrected chi connectivity index (χ0v) is 19.7. The molecule has 3 amide bonds. The number of hydrogen-bond donors (Lipinski definition) is 1. The number of hydrogen-bond acceptors (Lipinski definition) is 6. The highest BCUT2D eigenvalue weighted by atomic mass is 16.7. The highest BCUT2D eigenvalue weighted by molar-refractivity contribution is 6.07. The summed E-state index contributed by atoms with van der Waals surface area (Å²) in [5, 5.41) is 5.44. The van der Waals surface area contributed by atoms with Crippen LogP contribution in [-0.4, -0.2) is 66.3 Å². The molecule has 3 heterocycles. The molecule has 180 valence electrons. The first-order valence-electron chi connectivity index (χ1n) is 12.0. The Bertz CT molecular complexity index is 1300. The Hall–Kier alpha value is -3.62. The molecular weight excluding hydrogens is 444 g/mol. The molecule has 8 heteroatoms. The number of benzene rings is 3. The van der Waals surface area contributed by atoms with E-state index < -0.39 is 5.54 Å². The molecule has 2 fully saturated rings. The Morgan fingerprint density at radius 1 is 0.886 bits per heavy atom. The van der Waals surface area contributed by atoms with Gasteiger partial charge in [-0.3, -0.25) is 14.6 Å². The maximum absolute atomic E-state index is 13.4. The van der Waals surface area contributed by atoms with Crippen LogP contribution in [0.5, 0.6) is 11.5 Å². The number of nitrogens with zero attached hydrogens (tertiary/aromatic N) is 3. The Balaban J connectivity index is 1.09. The quantitative estimate of drug-likeness (QED) is 0.576. The average Bonchev–Trinajstić information content (AvgIpc) is 3.43. The first kappa shape index (κ1) is 21.9. The third-order valence-electron chi connectivity index (χ3n) is 7.31. The number of fused-ring (bicyclic) bond motifs is 2. The lowest BCUT2D eigenvalue weighted by atomic mass is 9.92. The molecule has 3 aromatic carbocycles. The van der Waals surface area contributed by atoms with Gasteiger partial charge in [-0.15, -0.1) is 0 Å². The zero-order valence-electron chi connectivity index (χ0n) is 19.7. The molecule has 1 N–H and O–H groups in total. The lowest BCUT2D eigenvalue weighted by Crippen LogP contribution is -2.51. The van der Waals surface area contributed by atoms with Crippen LogP contribution in [0.2, 0.25) is 0 Å². The predicted octanol–water partition coefficient (Wildman–Crippen LogP) is 3.11. The molecule has 3 aliphatic rings. The molecular formula is C27H28N4O4. The fourth-order valence-electron chi connectivity index (χ4n) is 5.19. The molecule has 3 aliphatic heterocycles. The fraction of sp³-hybridized carbons (Fsp3) is 0.333. The minimum Gasteiger partial charge on any atom is -0.454 e. The van der Waals surface area contributed by atoms with Crippen molar-refractivity contribution < 1.29 is 19.1 Å². The monoisotopic (exact) mass is 472 g/mol. The van der Waals surface area contributed by atoms with Crippen molar-refractivity contribution in [3.05, 3.63) is 71.8 Å². The number of amides is 3. The second kappa shape index (κ2) is 8.55. The van der Waals surface area contributed by atoms with Gasteiger partial charge in [0.15, 0.2) is 11.5 Å². The van der Waals surface area contributed by atoms with Gasteiger partial charge < -0.3 is 14.8 Å². The summed E-state index contributed by atoms with van der Waals surface area (Å²) >= 11 is 0. The molecule has 0 radical (unpaired) electrons. The molecule has 0 spiro atoms. The van der Waals surface area contributed by atoms with Gasteiger partial charge in [0.25, 0.3) is 5.91 Å². The van der Waals surface area contributed by atoms with Crippen molar-refractivity contribution in [2.24, 2.45) is 0 Å². The van der Waals surface area contributed by atoms with Crippen molar-refractivity contribution >= 4 is 22.7 Å². The third-order valence-corrected chi connectivity index (χ3v) is 7.31. The molecule has 0 aliphatic carbocycles. The number of imide groups is 1. The van der Waals surface area contributed by atoms with Crippen molar-refractivity contribution in [2.45, 2.75) is 19.0 Å². The van der Waals surface area contributed by atoms with Crippen molar-refractivity contribution in [1.82, 2.24) is 20.0 Å². The van der Waals surface area contributed by atoms with Crippen LogP contribution >= 0.6 is 0 Å². The van der Waals surface area contributed by atoms with Crippen molar-refractivity contribution in [3.63, 3.8) is 0 Å². The number of rotatable bonds is 5. The van der Waals surface area contributed by atoms with Gasteiger partial charge in [-0.05, 0) is 41.0 Å².